The Morgan fingerprint density at radius 2 is 1.85 bits per heavy atom. The number of benzene rings is 1. The van der Waals surface area contributed by atoms with Gasteiger partial charge in [-0.05, 0) is 19.1 Å². The van der Waals surface area contributed by atoms with Crippen molar-refractivity contribution in [2.75, 3.05) is 6.54 Å². The molecule has 0 radical (unpaired) electrons. The van der Waals surface area contributed by atoms with Crippen LogP contribution in [0, 0.1) is 6.92 Å². The molecule has 20 heavy (non-hydrogen) atoms. The molecule has 2 rings (SSSR count). The second-order valence-electron chi connectivity index (χ2n) is 4.39. The summed E-state index contributed by atoms with van der Waals surface area (Å²) < 4.78 is 1.93. The number of aromatic nitrogens is 2. The van der Waals surface area contributed by atoms with Crippen molar-refractivity contribution < 1.29 is 4.79 Å². The molecule has 0 aliphatic carbocycles. The first kappa shape index (κ1) is 14.0. The minimum atomic E-state index is -0.667. The van der Waals surface area contributed by atoms with Gasteiger partial charge in [0, 0.05) is 30.4 Å². The van der Waals surface area contributed by atoms with E-state index in [4.69, 9.17) is 5.73 Å². The Bertz CT molecular complexity index is 744. The number of hydrogen-bond acceptors (Lipinski definition) is 4. The van der Waals surface area contributed by atoms with Crippen molar-refractivity contribution in [3.05, 3.63) is 68.5 Å². The van der Waals surface area contributed by atoms with Gasteiger partial charge in [-0.2, -0.15) is 4.57 Å². The molecule has 0 aliphatic rings. The molecule has 0 saturated carbocycles. The average Bonchev–Trinajstić information content (AvgIpc) is 2.46. The number of carbonyl (C=O) groups is 1. The molecule has 1 aromatic heterocycles. The Morgan fingerprint density at radius 3 is 2.45 bits per heavy atom. The van der Waals surface area contributed by atoms with Gasteiger partial charge in [0.05, 0.1) is 0 Å². The van der Waals surface area contributed by atoms with Crippen LogP contribution in [0.5, 0.6) is 0 Å². The largest absolute Gasteiger partial charge is 0.338 e. The lowest BCUT2D eigenvalue weighted by molar-refractivity contribution is 0.0948. The molecule has 104 valence electrons. The Kier molecular flexibility index (Phi) is 3.95. The molecule has 6 heteroatoms. The molecule has 0 bridgehead atoms. The number of aryl methyl sites for hydroxylation is 1. The monoisotopic (exact) mass is 273 g/mol. The van der Waals surface area contributed by atoms with E-state index in [2.05, 4.69) is 0 Å². The van der Waals surface area contributed by atoms with Crippen LogP contribution in [0.3, 0.4) is 0 Å². The lowest BCUT2D eigenvalue weighted by Crippen LogP contribution is -2.45. The summed E-state index contributed by atoms with van der Waals surface area (Å²) in [7, 11) is 0. The lowest BCUT2D eigenvalue weighted by Gasteiger charge is -2.09. The summed E-state index contributed by atoms with van der Waals surface area (Å²) in [5, 5.41) is 0. The van der Waals surface area contributed by atoms with Crippen LogP contribution in [-0.4, -0.2) is 21.6 Å². The molecule has 0 saturated heterocycles. The molecule has 2 aromatic rings. The highest BCUT2D eigenvalue weighted by molar-refractivity contribution is 5.95. The van der Waals surface area contributed by atoms with Crippen molar-refractivity contribution >= 4 is 5.91 Å². The summed E-state index contributed by atoms with van der Waals surface area (Å²) in [5.74, 6) is -0.630. The summed E-state index contributed by atoms with van der Waals surface area (Å²) in [6, 6.07) is 8.22. The van der Waals surface area contributed by atoms with Gasteiger partial charge in [0.2, 0.25) is 0 Å². The van der Waals surface area contributed by atoms with Gasteiger partial charge in [0.25, 0.3) is 11.5 Å². The zero-order chi connectivity index (χ0) is 14.7. The van der Waals surface area contributed by atoms with Crippen molar-refractivity contribution in [1.82, 2.24) is 9.13 Å². The van der Waals surface area contributed by atoms with E-state index in [0.29, 0.717) is 10.1 Å². The fourth-order valence-electron chi connectivity index (χ4n) is 1.92. The predicted octanol–water partition coefficient (Wildman–Crippen LogP) is -0.0344. The van der Waals surface area contributed by atoms with Crippen LogP contribution in [0.25, 0.3) is 0 Å². The summed E-state index contributed by atoms with van der Waals surface area (Å²) in [6.07, 6.45) is 1.42. The standard InChI is InChI=1S/C14H15N3O3/c1-10-9-16(8-7-15)14(20)17(12(10)18)13(19)11-5-3-2-4-6-11/h2-6,9H,7-8,15H2,1H3. The van der Waals surface area contributed by atoms with Crippen LogP contribution in [0.1, 0.15) is 15.9 Å². The summed E-state index contributed by atoms with van der Waals surface area (Å²) in [4.78, 5) is 36.6. The highest BCUT2D eigenvalue weighted by Gasteiger charge is 2.16. The van der Waals surface area contributed by atoms with Crippen LogP contribution in [-0.2, 0) is 6.54 Å². The normalized spacial score (nSPS) is 10.5. The SMILES string of the molecule is Cc1cn(CCN)c(=O)n(C(=O)c2ccccc2)c1=O. The van der Waals surface area contributed by atoms with E-state index in [1.54, 1.807) is 37.3 Å². The molecule has 1 aromatic carbocycles. The van der Waals surface area contributed by atoms with E-state index in [1.807, 2.05) is 0 Å². The smallest absolute Gasteiger partial charge is 0.329 e. The maximum absolute atomic E-state index is 12.3. The van der Waals surface area contributed by atoms with Crippen LogP contribution in [0.2, 0.25) is 0 Å². The second-order valence-corrected chi connectivity index (χ2v) is 4.39. The fourth-order valence-corrected chi connectivity index (χ4v) is 1.92. The fraction of sp³-hybridized carbons (Fsp3) is 0.214. The lowest BCUT2D eigenvalue weighted by atomic mass is 10.2. The molecular weight excluding hydrogens is 258 g/mol. The maximum Gasteiger partial charge on any atom is 0.338 e. The van der Waals surface area contributed by atoms with E-state index in [1.165, 1.54) is 10.8 Å². The van der Waals surface area contributed by atoms with Crippen LogP contribution in [0.4, 0.5) is 0 Å². The minimum absolute atomic E-state index is 0.247. The number of rotatable bonds is 3. The predicted molar refractivity (Wildman–Crippen MR) is 74.9 cm³/mol. The third kappa shape index (κ3) is 2.46. The highest BCUT2D eigenvalue weighted by Crippen LogP contribution is 2.00. The van der Waals surface area contributed by atoms with Gasteiger partial charge >= 0.3 is 5.69 Å². The van der Waals surface area contributed by atoms with Gasteiger partial charge in [-0.25, -0.2) is 4.79 Å². The van der Waals surface area contributed by atoms with E-state index < -0.39 is 17.2 Å². The van der Waals surface area contributed by atoms with Gasteiger partial charge in [0.15, 0.2) is 0 Å². The molecule has 0 fully saturated rings. The molecule has 0 spiro atoms. The maximum atomic E-state index is 12.3. The van der Waals surface area contributed by atoms with Crippen molar-refractivity contribution in [1.29, 1.82) is 0 Å². The van der Waals surface area contributed by atoms with Gasteiger partial charge < -0.3 is 5.73 Å². The summed E-state index contributed by atoms with van der Waals surface area (Å²) in [5.41, 5.74) is 4.77. The molecular formula is C14H15N3O3. The van der Waals surface area contributed by atoms with Crippen molar-refractivity contribution in [2.24, 2.45) is 5.73 Å². The van der Waals surface area contributed by atoms with Crippen molar-refractivity contribution in [3.63, 3.8) is 0 Å². The number of hydrogen-bond donors (Lipinski definition) is 1. The minimum Gasteiger partial charge on any atom is -0.329 e. The summed E-state index contributed by atoms with van der Waals surface area (Å²) in [6.45, 7) is 2.06. The second kappa shape index (κ2) is 5.66. The van der Waals surface area contributed by atoms with Crippen LogP contribution < -0.4 is 17.0 Å². The van der Waals surface area contributed by atoms with Crippen molar-refractivity contribution in [3.8, 4) is 0 Å². The Morgan fingerprint density at radius 1 is 1.20 bits per heavy atom. The Hall–Kier alpha value is -2.47. The van der Waals surface area contributed by atoms with E-state index in [0.717, 1.165) is 0 Å². The molecule has 1 heterocycles. The van der Waals surface area contributed by atoms with Gasteiger partial charge in [0.1, 0.15) is 0 Å². The van der Waals surface area contributed by atoms with Gasteiger partial charge in [-0.1, -0.05) is 18.2 Å². The molecule has 6 nitrogen and oxygen atoms in total. The van der Waals surface area contributed by atoms with E-state index in [-0.39, 0.29) is 18.7 Å². The number of nitrogens with two attached hydrogens (primary N) is 1. The first-order valence-corrected chi connectivity index (χ1v) is 6.19. The molecule has 0 unspecified atom stereocenters. The third-order valence-corrected chi connectivity index (χ3v) is 2.92. The average molecular weight is 273 g/mol. The topological polar surface area (TPSA) is 87.1 Å². The number of nitrogens with zero attached hydrogens (tertiary/aromatic N) is 2. The third-order valence-electron chi connectivity index (χ3n) is 2.92. The molecule has 0 aliphatic heterocycles. The first-order valence-electron chi connectivity index (χ1n) is 6.19. The Balaban J connectivity index is 2.65. The van der Waals surface area contributed by atoms with E-state index in [9.17, 15) is 14.4 Å². The summed E-state index contributed by atoms with van der Waals surface area (Å²) >= 11 is 0. The quantitative estimate of drug-likeness (QED) is 0.850. The van der Waals surface area contributed by atoms with Crippen LogP contribution in [0.15, 0.2) is 46.1 Å². The molecule has 0 atom stereocenters. The van der Waals surface area contributed by atoms with Crippen LogP contribution >= 0.6 is 0 Å². The van der Waals surface area contributed by atoms with E-state index >= 15 is 0 Å². The highest BCUT2D eigenvalue weighted by atomic mass is 16.2. The zero-order valence-corrected chi connectivity index (χ0v) is 11.1. The first-order chi connectivity index (χ1) is 9.56. The van der Waals surface area contributed by atoms with Gasteiger partial charge in [-0.15, -0.1) is 0 Å². The number of carbonyl (C=O) groups excluding carboxylic acids is 1. The van der Waals surface area contributed by atoms with Crippen molar-refractivity contribution in [2.45, 2.75) is 13.5 Å². The molecule has 0 amide bonds. The zero-order valence-electron chi connectivity index (χ0n) is 11.1. The van der Waals surface area contributed by atoms with Gasteiger partial charge in [-0.3, -0.25) is 14.2 Å². The Labute approximate surface area is 115 Å². The molecule has 2 N–H and O–H groups in total.